The Morgan fingerprint density at radius 2 is 1.96 bits per heavy atom. The average molecular weight is 322 g/mol. The molecule has 6 nitrogen and oxygen atoms in total. The van der Waals surface area contributed by atoms with Crippen LogP contribution in [0.4, 0.5) is 17.3 Å². The van der Waals surface area contributed by atoms with E-state index in [-0.39, 0.29) is 5.91 Å². The molecule has 1 amide bonds. The van der Waals surface area contributed by atoms with Crippen molar-refractivity contribution in [1.29, 1.82) is 0 Å². The Morgan fingerprint density at radius 1 is 1.12 bits per heavy atom. The fraction of sp³-hybridized carbons (Fsp3) is 0.167. The summed E-state index contributed by atoms with van der Waals surface area (Å²) >= 11 is 0. The van der Waals surface area contributed by atoms with E-state index in [0.29, 0.717) is 18.1 Å². The van der Waals surface area contributed by atoms with E-state index >= 15 is 0 Å². The van der Waals surface area contributed by atoms with Crippen LogP contribution < -0.4 is 10.6 Å². The van der Waals surface area contributed by atoms with E-state index in [2.05, 4.69) is 20.8 Å². The van der Waals surface area contributed by atoms with Crippen molar-refractivity contribution in [3.8, 4) is 0 Å². The zero-order chi connectivity index (χ0) is 16.9. The Kier molecular flexibility index (Phi) is 4.56. The summed E-state index contributed by atoms with van der Waals surface area (Å²) in [5.74, 6) is 1.76. The highest BCUT2D eigenvalue weighted by atomic mass is 16.5. The first-order chi connectivity index (χ1) is 11.6. The highest BCUT2D eigenvalue weighted by Crippen LogP contribution is 2.17. The van der Waals surface area contributed by atoms with E-state index in [1.165, 1.54) is 0 Å². The van der Waals surface area contributed by atoms with Crippen molar-refractivity contribution >= 4 is 23.2 Å². The molecule has 1 aromatic carbocycles. The van der Waals surface area contributed by atoms with Crippen molar-refractivity contribution in [3.05, 3.63) is 65.5 Å². The summed E-state index contributed by atoms with van der Waals surface area (Å²) in [4.78, 5) is 16.4. The second kappa shape index (κ2) is 6.95. The monoisotopic (exact) mass is 322 g/mol. The van der Waals surface area contributed by atoms with Gasteiger partial charge in [-0.05, 0) is 37.1 Å². The number of nitrogens with one attached hydrogen (secondary N) is 2. The number of anilines is 3. The molecule has 0 spiro atoms. The molecule has 0 aliphatic rings. The van der Waals surface area contributed by atoms with Crippen LogP contribution in [0.5, 0.6) is 0 Å². The molecular formula is C18H18N4O2. The number of nitrogens with zero attached hydrogens (tertiary/aromatic N) is 2. The molecule has 0 radical (unpaired) electrons. The predicted octanol–water partition coefficient (Wildman–Crippen LogP) is 3.61. The molecule has 0 fully saturated rings. The molecule has 2 aromatic heterocycles. The van der Waals surface area contributed by atoms with Gasteiger partial charge in [-0.2, -0.15) is 0 Å². The van der Waals surface area contributed by atoms with E-state index in [9.17, 15) is 4.79 Å². The second-order valence-corrected chi connectivity index (χ2v) is 5.53. The smallest absolute Gasteiger partial charge is 0.229 e. The fourth-order valence-corrected chi connectivity index (χ4v) is 2.28. The molecule has 0 aliphatic heterocycles. The molecule has 0 aliphatic carbocycles. The number of hydrogen-bond donors (Lipinski definition) is 2. The fourth-order valence-electron chi connectivity index (χ4n) is 2.28. The van der Waals surface area contributed by atoms with E-state index in [1.54, 1.807) is 18.3 Å². The van der Waals surface area contributed by atoms with Crippen molar-refractivity contribution in [2.24, 2.45) is 0 Å². The lowest BCUT2D eigenvalue weighted by atomic mass is 10.1. The van der Waals surface area contributed by atoms with Gasteiger partial charge < -0.3 is 15.2 Å². The third-order valence-electron chi connectivity index (χ3n) is 3.54. The van der Waals surface area contributed by atoms with Gasteiger partial charge in [-0.1, -0.05) is 29.4 Å². The summed E-state index contributed by atoms with van der Waals surface area (Å²) in [5.41, 5.74) is 2.87. The summed E-state index contributed by atoms with van der Waals surface area (Å²) in [7, 11) is 0. The van der Waals surface area contributed by atoms with Gasteiger partial charge in [-0.3, -0.25) is 4.79 Å². The predicted molar refractivity (Wildman–Crippen MR) is 92.3 cm³/mol. The van der Waals surface area contributed by atoms with Crippen molar-refractivity contribution in [3.63, 3.8) is 0 Å². The molecule has 0 bridgehead atoms. The van der Waals surface area contributed by atoms with Crippen LogP contribution in [0, 0.1) is 13.8 Å². The van der Waals surface area contributed by atoms with Crippen molar-refractivity contribution in [1.82, 2.24) is 10.1 Å². The third kappa shape index (κ3) is 3.98. The molecule has 0 atom stereocenters. The minimum Gasteiger partial charge on any atom is -0.360 e. The lowest BCUT2D eigenvalue weighted by Gasteiger charge is -2.07. The van der Waals surface area contributed by atoms with Gasteiger partial charge in [-0.25, -0.2) is 4.98 Å². The van der Waals surface area contributed by atoms with Gasteiger partial charge in [0.2, 0.25) is 5.91 Å². The second-order valence-electron chi connectivity index (χ2n) is 5.53. The van der Waals surface area contributed by atoms with Gasteiger partial charge in [0.25, 0.3) is 0 Å². The molecule has 122 valence electrons. The van der Waals surface area contributed by atoms with E-state index in [1.807, 2.05) is 44.2 Å². The zero-order valence-corrected chi connectivity index (χ0v) is 13.5. The first kappa shape index (κ1) is 15.7. The minimum atomic E-state index is -0.0929. The summed E-state index contributed by atoms with van der Waals surface area (Å²) in [6, 6.07) is 13.2. The zero-order valence-electron chi connectivity index (χ0n) is 13.5. The molecule has 0 saturated heterocycles. The van der Waals surface area contributed by atoms with Gasteiger partial charge >= 0.3 is 0 Å². The van der Waals surface area contributed by atoms with Gasteiger partial charge in [-0.15, -0.1) is 0 Å². The Labute approximate surface area is 139 Å². The maximum absolute atomic E-state index is 12.1. The van der Waals surface area contributed by atoms with Crippen molar-refractivity contribution in [2.45, 2.75) is 20.3 Å². The molecule has 2 N–H and O–H groups in total. The van der Waals surface area contributed by atoms with Gasteiger partial charge in [0.1, 0.15) is 11.6 Å². The van der Waals surface area contributed by atoms with Crippen LogP contribution in [-0.2, 0) is 11.2 Å². The quantitative estimate of drug-likeness (QED) is 0.750. The Balaban J connectivity index is 1.59. The maximum atomic E-state index is 12.1. The number of hydrogen-bond acceptors (Lipinski definition) is 5. The Bertz CT molecular complexity index is 840. The van der Waals surface area contributed by atoms with E-state index in [0.717, 1.165) is 22.6 Å². The lowest BCUT2D eigenvalue weighted by molar-refractivity contribution is -0.115. The van der Waals surface area contributed by atoms with Crippen molar-refractivity contribution < 1.29 is 9.32 Å². The first-order valence-corrected chi connectivity index (χ1v) is 7.61. The van der Waals surface area contributed by atoms with Crippen LogP contribution in [-0.4, -0.2) is 16.0 Å². The first-order valence-electron chi connectivity index (χ1n) is 7.61. The molecule has 2 heterocycles. The van der Waals surface area contributed by atoms with Crippen LogP contribution >= 0.6 is 0 Å². The number of benzene rings is 1. The van der Waals surface area contributed by atoms with Crippen LogP contribution in [0.1, 0.15) is 16.9 Å². The van der Waals surface area contributed by atoms with E-state index < -0.39 is 0 Å². The average Bonchev–Trinajstić information content (AvgIpc) is 2.96. The van der Waals surface area contributed by atoms with Gasteiger partial charge in [0.15, 0.2) is 5.82 Å². The normalized spacial score (nSPS) is 10.4. The van der Waals surface area contributed by atoms with Crippen LogP contribution in [0.15, 0.2) is 53.2 Å². The van der Waals surface area contributed by atoms with E-state index in [4.69, 9.17) is 4.52 Å². The lowest BCUT2D eigenvalue weighted by Crippen LogP contribution is -2.15. The van der Waals surface area contributed by atoms with Crippen LogP contribution in [0.25, 0.3) is 0 Å². The molecule has 0 saturated carbocycles. The van der Waals surface area contributed by atoms with Crippen molar-refractivity contribution in [2.75, 3.05) is 10.6 Å². The Morgan fingerprint density at radius 3 is 2.62 bits per heavy atom. The van der Waals surface area contributed by atoms with Gasteiger partial charge in [0, 0.05) is 6.07 Å². The minimum absolute atomic E-state index is 0.0929. The molecule has 3 rings (SSSR count). The largest absolute Gasteiger partial charge is 0.360 e. The number of rotatable bonds is 5. The molecular weight excluding hydrogens is 304 g/mol. The number of aromatic nitrogens is 2. The number of amides is 1. The summed E-state index contributed by atoms with van der Waals surface area (Å²) in [6.07, 6.45) is 1.96. The maximum Gasteiger partial charge on any atom is 0.229 e. The van der Waals surface area contributed by atoms with Gasteiger partial charge in [0.05, 0.1) is 18.3 Å². The molecule has 0 unspecified atom stereocenters. The molecule has 24 heavy (non-hydrogen) atoms. The number of carbonyl (C=O) groups excluding carboxylic acids is 1. The van der Waals surface area contributed by atoms with Crippen LogP contribution in [0.2, 0.25) is 0 Å². The summed E-state index contributed by atoms with van der Waals surface area (Å²) in [5, 5.41) is 9.73. The number of pyridine rings is 1. The third-order valence-corrected chi connectivity index (χ3v) is 3.54. The molecule has 6 heteroatoms. The Hall–Kier alpha value is -3.15. The summed E-state index contributed by atoms with van der Waals surface area (Å²) < 4.78 is 4.99. The topological polar surface area (TPSA) is 80.0 Å². The SMILES string of the molecule is Cc1cc(Nc2ccc(NC(=O)Cc3ccccc3C)nc2)no1. The molecule has 3 aromatic rings. The highest BCUT2D eigenvalue weighted by Gasteiger charge is 2.07. The highest BCUT2D eigenvalue weighted by molar-refractivity contribution is 5.91. The standard InChI is InChI=1S/C18H18N4O2/c1-12-5-3-4-6-14(12)10-18(23)21-16-8-7-15(11-19-16)20-17-9-13(2)24-22-17/h3-9,11H,10H2,1-2H3,(H,20,22)(H,19,21,23). The summed E-state index contributed by atoms with van der Waals surface area (Å²) in [6.45, 7) is 3.82. The number of carbonyl (C=O) groups is 1. The van der Waals surface area contributed by atoms with Crippen LogP contribution in [0.3, 0.4) is 0 Å². The number of aryl methyl sites for hydroxylation is 2.